The standard InChI is InChI=1S/C18H23NO3/c20-17(14-8-4-5-9-14)19-11-15(10-16(12-19)18(21)22)13-6-2-1-3-7-13/h1-3,6-7,14-16H,4-5,8-12H2,(H,21,22)/t15-,16+/m0/s1. The fourth-order valence-corrected chi connectivity index (χ4v) is 3.86. The Morgan fingerprint density at radius 1 is 1.00 bits per heavy atom. The number of amides is 1. The highest BCUT2D eigenvalue weighted by Crippen LogP contribution is 2.33. The molecule has 1 heterocycles. The number of hydrogen-bond acceptors (Lipinski definition) is 2. The van der Waals surface area contributed by atoms with Crippen molar-refractivity contribution in [1.82, 2.24) is 4.90 Å². The maximum Gasteiger partial charge on any atom is 0.308 e. The lowest BCUT2D eigenvalue weighted by Crippen LogP contribution is -2.47. The summed E-state index contributed by atoms with van der Waals surface area (Å²) in [5.74, 6) is -0.830. The van der Waals surface area contributed by atoms with Gasteiger partial charge in [-0.15, -0.1) is 0 Å². The molecule has 1 aromatic carbocycles. The van der Waals surface area contributed by atoms with E-state index >= 15 is 0 Å². The summed E-state index contributed by atoms with van der Waals surface area (Å²) in [6, 6.07) is 9.98. The molecule has 1 saturated heterocycles. The van der Waals surface area contributed by atoms with Crippen LogP contribution in [0.15, 0.2) is 30.3 Å². The predicted octanol–water partition coefficient (Wildman–Crippen LogP) is 2.89. The first-order valence-electron chi connectivity index (χ1n) is 8.21. The molecule has 4 heteroatoms. The van der Waals surface area contributed by atoms with Gasteiger partial charge in [-0.2, -0.15) is 0 Å². The summed E-state index contributed by atoms with van der Waals surface area (Å²) in [5, 5.41) is 9.43. The van der Waals surface area contributed by atoms with E-state index in [0.717, 1.165) is 31.2 Å². The minimum atomic E-state index is -0.787. The van der Waals surface area contributed by atoms with Crippen LogP contribution in [-0.4, -0.2) is 35.0 Å². The molecular weight excluding hydrogens is 278 g/mol. The molecule has 2 aliphatic rings. The van der Waals surface area contributed by atoms with E-state index in [0.29, 0.717) is 19.5 Å². The number of likely N-dealkylation sites (tertiary alicyclic amines) is 1. The number of carboxylic acid groups (broad SMARTS) is 1. The second-order valence-corrected chi connectivity index (χ2v) is 6.60. The van der Waals surface area contributed by atoms with E-state index in [9.17, 15) is 14.7 Å². The Labute approximate surface area is 131 Å². The van der Waals surface area contributed by atoms with Gasteiger partial charge in [0, 0.05) is 24.9 Å². The number of carbonyl (C=O) groups excluding carboxylic acids is 1. The molecule has 1 saturated carbocycles. The third kappa shape index (κ3) is 3.16. The molecule has 1 aromatic rings. The number of hydrogen-bond donors (Lipinski definition) is 1. The molecule has 1 aliphatic carbocycles. The van der Waals surface area contributed by atoms with E-state index in [-0.39, 0.29) is 17.7 Å². The Kier molecular flexibility index (Phi) is 4.46. The van der Waals surface area contributed by atoms with Crippen molar-refractivity contribution in [2.45, 2.75) is 38.0 Å². The number of rotatable bonds is 3. The van der Waals surface area contributed by atoms with Crippen molar-refractivity contribution in [1.29, 1.82) is 0 Å². The molecule has 4 nitrogen and oxygen atoms in total. The van der Waals surface area contributed by atoms with Crippen molar-refractivity contribution in [3.05, 3.63) is 35.9 Å². The Morgan fingerprint density at radius 3 is 2.32 bits per heavy atom. The van der Waals surface area contributed by atoms with Gasteiger partial charge in [0.25, 0.3) is 0 Å². The molecular formula is C18H23NO3. The van der Waals surface area contributed by atoms with Crippen molar-refractivity contribution in [3.63, 3.8) is 0 Å². The van der Waals surface area contributed by atoms with Crippen LogP contribution in [0.25, 0.3) is 0 Å². The van der Waals surface area contributed by atoms with Gasteiger partial charge in [0.2, 0.25) is 5.91 Å². The topological polar surface area (TPSA) is 57.6 Å². The normalized spacial score (nSPS) is 26.1. The average molecular weight is 301 g/mol. The first-order valence-corrected chi connectivity index (χ1v) is 8.21. The van der Waals surface area contributed by atoms with Crippen LogP contribution in [0.1, 0.15) is 43.6 Å². The SMILES string of the molecule is O=C(O)[C@@H]1C[C@H](c2ccccc2)CN(C(=O)C2CCCC2)C1. The number of aliphatic carboxylic acids is 1. The predicted molar refractivity (Wildman–Crippen MR) is 83.5 cm³/mol. The molecule has 0 bridgehead atoms. The summed E-state index contributed by atoms with van der Waals surface area (Å²) >= 11 is 0. The minimum absolute atomic E-state index is 0.115. The van der Waals surface area contributed by atoms with Crippen LogP contribution in [0, 0.1) is 11.8 Å². The van der Waals surface area contributed by atoms with Gasteiger partial charge in [-0.05, 0) is 24.8 Å². The second-order valence-electron chi connectivity index (χ2n) is 6.60. The average Bonchev–Trinajstić information content (AvgIpc) is 3.09. The van der Waals surface area contributed by atoms with E-state index in [4.69, 9.17) is 0 Å². The molecule has 3 rings (SSSR count). The van der Waals surface area contributed by atoms with E-state index < -0.39 is 11.9 Å². The van der Waals surface area contributed by atoms with Gasteiger partial charge in [-0.3, -0.25) is 9.59 Å². The van der Waals surface area contributed by atoms with Gasteiger partial charge in [0.15, 0.2) is 0 Å². The van der Waals surface area contributed by atoms with Crippen LogP contribution < -0.4 is 0 Å². The zero-order chi connectivity index (χ0) is 15.5. The Bertz CT molecular complexity index is 537. The summed E-state index contributed by atoms with van der Waals surface area (Å²) in [6.45, 7) is 1.02. The monoisotopic (exact) mass is 301 g/mol. The van der Waals surface area contributed by atoms with Crippen LogP contribution >= 0.6 is 0 Å². The Balaban J connectivity index is 1.78. The number of carbonyl (C=O) groups is 2. The van der Waals surface area contributed by atoms with Gasteiger partial charge in [0.1, 0.15) is 0 Å². The first kappa shape index (κ1) is 15.1. The highest BCUT2D eigenvalue weighted by atomic mass is 16.4. The lowest BCUT2D eigenvalue weighted by atomic mass is 9.84. The highest BCUT2D eigenvalue weighted by molar-refractivity contribution is 5.80. The maximum atomic E-state index is 12.7. The zero-order valence-electron chi connectivity index (χ0n) is 12.8. The lowest BCUT2D eigenvalue weighted by Gasteiger charge is -2.37. The van der Waals surface area contributed by atoms with E-state index in [1.54, 1.807) is 0 Å². The Morgan fingerprint density at radius 2 is 1.68 bits per heavy atom. The van der Waals surface area contributed by atoms with Crippen molar-refractivity contribution in [3.8, 4) is 0 Å². The molecule has 1 N–H and O–H groups in total. The largest absolute Gasteiger partial charge is 0.481 e. The number of benzene rings is 1. The molecule has 0 unspecified atom stereocenters. The first-order chi connectivity index (χ1) is 10.6. The second kappa shape index (κ2) is 6.51. The van der Waals surface area contributed by atoms with Gasteiger partial charge in [-0.25, -0.2) is 0 Å². The maximum absolute atomic E-state index is 12.7. The van der Waals surface area contributed by atoms with Gasteiger partial charge >= 0.3 is 5.97 Å². The van der Waals surface area contributed by atoms with E-state index in [1.165, 1.54) is 0 Å². The van der Waals surface area contributed by atoms with Gasteiger partial charge in [-0.1, -0.05) is 43.2 Å². The van der Waals surface area contributed by atoms with Gasteiger partial charge < -0.3 is 10.0 Å². The zero-order valence-corrected chi connectivity index (χ0v) is 12.8. The van der Waals surface area contributed by atoms with Crippen molar-refractivity contribution in [2.75, 3.05) is 13.1 Å². The molecule has 2 atom stereocenters. The summed E-state index contributed by atoms with van der Waals surface area (Å²) in [6.07, 6.45) is 4.78. The molecule has 0 aromatic heterocycles. The van der Waals surface area contributed by atoms with Crippen LogP contribution in [-0.2, 0) is 9.59 Å². The van der Waals surface area contributed by atoms with Crippen molar-refractivity contribution in [2.24, 2.45) is 11.8 Å². The number of piperidine rings is 1. The van der Waals surface area contributed by atoms with Crippen molar-refractivity contribution < 1.29 is 14.7 Å². The fraction of sp³-hybridized carbons (Fsp3) is 0.556. The molecule has 1 aliphatic heterocycles. The smallest absolute Gasteiger partial charge is 0.308 e. The molecule has 22 heavy (non-hydrogen) atoms. The van der Waals surface area contributed by atoms with E-state index in [2.05, 4.69) is 0 Å². The number of nitrogens with zero attached hydrogens (tertiary/aromatic N) is 1. The summed E-state index contributed by atoms with van der Waals surface area (Å²) < 4.78 is 0. The third-order valence-electron chi connectivity index (χ3n) is 5.09. The third-order valence-corrected chi connectivity index (χ3v) is 5.09. The number of carboxylic acids is 1. The Hall–Kier alpha value is -1.84. The fourth-order valence-electron chi connectivity index (χ4n) is 3.86. The van der Waals surface area contributed by atoms with E-state index in [1.807, 2.05) is 35.2 Å². The molecule has 1 amide bonds. The van der Waals surface area contributed by atoms with Crippen molar-refractivity contribution >= 4 is 11.9 Å². The van der Waals surface area contributed by atoms with Crippen LogP contribution in [0.3, 0.4) is 0 Å². The highest BCUT2D eigenvalue weighted by Gasteiger charge is 2.37. The quantitative estimate of drug-likeness (QED) is 0.934. The van der Waals surface area contributed by atoms with Crippen LogP contribution in [0.4, 0.5) is 0 Å². The minimum Gasteiger partial charge on any atom is -0.481 e. The summed E-state index contributed by atoms with van der Waals surface area (Å²) in [7, 11) is 0. The summed E-state index contributed by atoms with van der Waals surface area (Å²) in [5.41, 5.74) is 1.14. The molecule has 0 spiro atoms. The molecule has 2 fully saturated rings. The van der Waals surface area contributed by atoms with Crippen LogP contribution in [0.2, 0.25) is 0 Å². The molecule has 118 valence electrons. The lowest BCUT2D eigenvalue weighted by molar-refractivity contribution is -0.147. The summed E-state index contributed by atoms with van der Waals surface area (Å²) in [4.78, 5) is 26.0. The molecule has 0 radical (unpaired) electrons. The van der Waals surface area contributed by atoms with Gasteiger partial charge in [0.05, 0.1) is 5.92 Å². The van der Waals surface area contributed by atoms with Crippen LogP contribution in [0.5, 0.6) is 0 Å².